The summed E-state index contributed by atoms with van der Waals surface area (Å²) >= 11 is 0. The molecule has 0 heterocycles. The zero-order valence-corrected chi connectivity index (χ0v) is 10.9. The molecule has 0 rings (SSSR count). The van der Waals surface area contributed by atoms with Crippen LogP contribution in [0.25, 0.3) is 0 Å². The van der Waals surface area contributed by atoms with E-state index in [0.717, 1.165) is 0 Å². The fourth-order valence-electron chi connectivity index (χ4n) is 0. The average molecular weight is 352 g/mol. The van der Waals surface area contributed by atoms with E-state index in [1.807, 2.05) is 0 Å². The molecular formula is C6H9O15P. The standard InChI is InChI=1S/3C2H2O4.H3O3P/c3*3-1(4)2(5)6;1-4(2)3/h3*(H,3,4)(H,5,6);4H,(H2,1,2,3). The van der Waals surface area contributed by atoms with Gasteiger partial charge >= 0.3 is 44.1 Å². The van der Waals surface area contributed by atoms with Crippen LogP contribution in [-0.2, 0) is 33.3 Å². The molecule has 0 atom stereocenters. The summed E-state index contributed by atoms with van der Waals surface area (Å²) < 4.78 is 8.74. The van der Waals surface area contributed by atoms with E-state index in [9.17, 15) is 0 Å². The predicted octanol–water partition coefficient (Wildman–Crippen LogP) is -3.17. The quantitative estimate of drug-likeness (QED) is 0.157. The van der Waals surface area contributed by atoms with Gasteiger partial charge in [-0.25, -0.2) is 28.8 Å². The van der Waals surface area contributed by atoms with Gasteiger partial charge in [0, 0.05) is 0 Å². The number of aliphatic carboxylic acids is 6. The third kappa shape index (κ3) is 53.8. The second kappa shape index (κ2) is 16.0. The molecule has 0 spiro atoms. The number of carbonyl (C=O) groups is 6. The fourth-order valence-corrected chi connectivity index (χ4v) is 0. The topological polar surface area (TPSA) is 281 Å². The van der Waals surface area contributed by atoms with Crippen LogP contribution < -0.4 is 0 Å². The maximum atomic E-state index is 9.10. The average Bonchev–Trinajstić information content (AvgIpc) is 2.29. The van der Waals surface area contributed by atoms with Crippen LogP contribution in [0.4, 0.5) is 0 Å². The molecule has 128 valence electrons. The first-order valence-electron chi connectivity index (χ1n) is 3.97. The van der Waals surface area contributed by atoms with E-state index < -0.39 is 44.1 Å². The van der Waals surface area contributed by atoms with Crippen LogP contribution in [0.2, 0.25) is 0 Å². The maximum absolute atomic E-state index is 9.10. The van der Waals surface area contributed by atoms with Crippen molar-refractivity contribution < 1.29 is 73.8 Å². The van der Waals surface area contributed by atoms with Gasteiger partial charge in [0.25, 0.3) is 0 Å². The molecule has 22 heavy (non-hydrogen) atoms. The van der Waals surface area contributed by atoms with E-state index in [1.54, 1.807) is 0 Å². The van der Waals surface area contributed by atoms with Crippen molar-refractivity contribution in [3.63, 3.8) is 0 Å². The molecule has 0 aromatic carbocycles. The van der Waals surface area contributed by atoms with Gasteiger partial charge in [0.2, 0.25) is 0 Å². The Kier molecular flexibility index (Phi) is 19.9. The molecule has 15 nitrogen and oxygen atoms in total. The van der Waals surface area contributed by atoms with Gasteiger partial charge in [-0.15, -0.1) is 0 Å². The highest BCUT2D eigenvalue weighted by Crippen LogP contribution is 1.98. The number of carboxylic acid groups (broad SMARTS) is 6. The monoisotopic (exact) mass is 352 g/mol. The lowest BCUT2D eigenvalue weighted by Gasteiger charge is -1.72. The largest absolute Gasteiger partial charge is 0.473 e. The lowest BCUT2D eigenvalue weighted by molar-refractivity contribution is -0.159. The van der Waals surface area contributed by atoms with Crippen molar-refractivity contribution in [1.29, 1.82) is 0 Å². The Labute approximate surface area is 119 Å². The fraction of sp³-hybridized carbons (Fsp3) is 0. The summed E-state index contributed by atoms with van der Waals surface area (Å²) in [5.41, 5.74) is 0. The maximum Gasteiger partial charge on any atom is 0.414 e. The molecule has 0 saturated carbocycles. The highest BCUT2D eigenvalue weighted by atomic mass is 31.1. The van der Waals surface area contributed by atoms with E-state index in [4.69, 9.17) is 73.8 Å². The first kappa shape index (κ1) is 27.3. The summed E-state index contributed by atoms with van der Waals surface area (Å²) in [6.07, 6.45) is 0. The van der Waals surface area contributed by atoms with Gasteiger partial charge in [0.05, 0.1) is 0 Å². The lowest BCUT2D eigenvalue weighted by Crippen LogP contribution is -2.09. The van der Waals surface area contributed by atoms with Crippen molar-refractivity contribution in [3.05, 3.63) is 0 Å². The van der Waals surface area contributed by atoms with Crippen molar-refractivity contribution >= 4 is 44.1 Å². The SMILES string of the molecule is O=C(O)C(=O)O.O=C(O)C(=O)O.O=C(O)C(=O)O.O=[PH](O)O. The second-order valence-electron chi connectivity index (χ2n) is 2.11. The minimum atomic E-state index is -3.13. The molecule has 0 aliphatic rings. The van der Waals surface area contributed by atoms with E-state index in [1.165, 1.54) is 0 Å². The lowest BCUT2D eigenvalue weighted by atomic mass is 10.7. The van der Waals surface area contributed by atoms with Gasteiger partial charge in [-0.2, -0.15) is 0 Å². The van der Waals surface area contributed by atoms with Crippen molar-refractivity contribution in [1.82, 2.24) is 0 Å². The summed E-state index contributed by atoms with van der Waals surface area (Å²) in [4.78, 5) is 68.9. The zero-order chi connectivity index (χ0) is 19.0. The van der Waals surface area contributed by atoms with Crippen LogP contribution in [0.15, 0.2) is 0 Å². The molecule has 0 aromatic heterocycles. The van der Waals surface area contributed by atoms with Crippen LogP contribution in [-0.4, -0.2) is 76.2 Å². The van der Waals surface area contributed by atoms with Gasteiger partial charge in [-0.1, -0.05) is 0 Å². The van der Waals surface area contributed by atoms with E-state index in [0.29, 0.717) is 0 Å². The molecule has 0 saturated heterocycles. The van der Waals surface area contributed by atoms with Gasteiger partial charge in [-0.05, 0) is 0 Å². The summed E-state index contributed by atoms with van der Waals surface area (Å²) in [5.74, 6) is -10.9. The van der Waals surface area contributed by atoms with Crippen molar-refractivity contribution in [2.45, 2.75) is 0 Å². The number of hydrogen-bond donors (Lipinski definition) is 8. The summed E-state index contributed by atoms with van der Waals surface area (Å²) in [7, 11) is -3.13. The third-order valence-electron chi connectivity index (χ3n) is 0.549. The van der Waals surface area contributed by atoms with Crippen LogP contribution >= 0.6 is 8.25 Å². The molecule has 0 amide bonds. The van der Waals surface area contributed by atoms with Crippen LogP contribution in [0.1, 0.15) is 0 Å². The highest BCUT2D eigenvalue weighted by Gasteiger charge is 2.04. The van der Waals surface area contributed by atoms with Crippen LogP contribution in [0.5, 0.6) is 0 Å². The van der Waals surface area contributed by atoms with Crippen LogP contribution in [0.3, 0.4) is 0 Å². The second-order valence-corrected chi connectivity index (χ2v) is 2.68. The van der Waals surface area contributed by atoms with Gasteiger partial charge in [0.15, 0.2) is 0 Å². The van der Waals surface area contributed by atoms with E-state index >= 15 is 0 Å². The first-order valence-corrected chi connectivity index (χ1v) is 5.27. The Morgan fingerprint density at radius 2 is 0.500 bits per heavy atom. The minimum absolute atomic E-state index is 1.82. The third-order valence-corrected chi connectivity index (χ3v) is 0.549. The number of rotatable bonds is 0. The molecule has 8 N–H and O–H groups in total. The molecule has 16 heteroatoms. The molecule has 0 fully saturated rings. The molecule has 0 radical (unpaired) electrons. The summed E-state index contributed by atoms with van der Waals surface area (Å²) in [5, 5.41) is 44.3. The zero-order valence-electron chi connectivity index (χ0n) is 9.94. The molecule has 0 aromatic rings. The molecule has 0 aliphatic heterocycles. The Morgan fingerprint density at radius 1 is 0.455 bits per heavy atom. The predicted molar refractivity (Wildman–Crippen MR) is 59.3 cm³/mol. The van der Waals surface area contributed by atoms with E-state index in [-0.39, 0.29) is 0 Å². The molecule has 0 bridgehead atoms. The Morgan fingerprint density at radius 3 is 0.500 bits per heavy atom. The molecule has 0 aliphatic carbocycles. The first-order chi connectivity index (χ1) is 9.66. The van der Waals surface area contributed by atoms with Crippen LogP contribution in [0, 0.1) is 0 Å². The van der Waals surface area contributed by atoms with Gasteiger partial charge < -0.3 is 40.4 Å². The Bertz CT molecular complexity index is 352. The van der Waals surface area contributed by atoms with Crippen molar-refractivity contribution in [2.75, 3.05) is 0 Å². The number of carboxylic acids is 6. The minimum Gasteiger partial charge on any atom is -0.473 e. The molecule has 0 unspecified atom stereocenters. The Balaban J connectivity index is -0.0000000994. The normalized spacial score (nSPS) is 7.59. The number of hydrogen-bond acceptors (Lipinski definition) is 7. The van der Waals surface area contributed by atoms with E-state index in [2.05, 4.69) is 0 Å². The summed E-state index contributed by atoms with van der Waals surface area (Å²) in [6, 6.07) is 0. The Hall–Kier alpha value is -3.03. The molecular weight excluding hydrogens is 343 g/mol. The summed E-state index contributed by atoms with van der Waals surface area (Å²) in [6.45, 7) is 0. The van der Waals surface area contributed by atoms with Gasteiger partial charge in [-0.3, -0.25) is 4.57 Å². The van der Waals surface area contributed by atoms with Crippen molar-refractivity contribution in [2.24, 2.45) is 0 Å². The smallest absolute Gasteiger partial charge is 0.414 e. The van der Waals surface area contributed by atoms with Crippen molar-refractivity contribution in [3.8, 4) is 0 Å². The highest BCUT2D eigenvalue weighted by molar-refractivity contribution is 7.30. The van der Waals surface area contributed by atoms with Gasteiger partial charge in [0.1, 0.15) is 0 Å².